The molecule has 0 saturated heterocycles. The van der Waals surface area contributed by atoms with Crippen molar-refractivity contribution in [3.63, 3.8) is 0 Å². The lowest BCUT2D eigenvalue weighted by atomic mass is 10.2. The molecule has 212 valence electrons. The van der Waals surface area contributed by atoms with E-state index in [2.05, 4.69) is 30.9 Å². The van der Waals surface area contributed by atoms with Crippen LogP contribution < -0.4 is 16.0 Å². The molecule has 10 nitrogen and oxygen atoms in total. The van der Waals surface area contributed by atoms with Gasteiger partial charge in [0, 0.05) is 34.7 Å². The maximum absolute atomic E-state index is 13.2. The average molecular weight is 570 g/mol. The Morgan fingerprint density at radius 2 is 0.767 bits per heavy atom. The normalized spacial score (nSPS) is 11.1. The molecule has 3 heterocycles. The van der Waals surface area contributed by atoms with Gasteiger partial charge in [-0.15, -0.1) is 0 Å². The summed E-state index contributed by atoms with van der Waals surface area (Å²) in [5, 5.41) is 11.3. The summed E-state index contributed by atoms with van der Waals surface area (Å²) in [4.78, 5) is 54.3. The van der Waals surface area contributed by atoms with E-state index in [-0.39, 0.29) is 19.6 Å². The van der Waals surface area contributed by atoms with Crippen LogP contribution in [-0.2, 0) is 14.4 Å². The van der Waals surface area contributed by atoms with Crippen molar-refractivity contribution in [2.24, 2.45) is 0 Å². The van der Waals surface area contributed by atoms with Crippen LogP contribution in [0.2, 0.25) is 0 Å². The van der Waals surface area contributed by atoms with Gasteiger partial charge in [0.05, 0.1) is 53.2 Å². The van der Waals surface area contributed by atoms with Crippen molar-refractivity contribution in [2.75, 3.05) is 35.6 Å². The number of para-hydroxylation sites is 3. The van der Waals surface area contributed by atoms with Crippen molar-refractivity contribution in [1.82, 2.24) is 19.9 Å². The smallest absolute Gasteiger partial charge is 0.238 e. The molecule has 10 heteroatoms. The minimum absolute atomic E-state index is 0.217. The number of carbonyl (C=O) groups is 3. The molecule has 0 aliphatic carbocycles. The van der Waals surface area contributed by atoms with Crippen molar-refractivity contribution in [1.29, 1.82) is 0 Å². The van der Waals surface area contributed by atoms with Gasteiger partial charge < -0.3 is 16.0 Å². The first-order valence-corrected chi connectivity index (χ1v) is 13.7. The molecule has 43 heavy (non-hydrogen) atoms. The second-order valence-corrected chi connectivity index (χ2v) is 9.93. The Bertz CT molecular complexity index is 1740. The van der Waals surface area contributed by atoms with Gasteiger partial charge in [0.15, 0.2) is 0 Å². The zero-order valence-electron chi connectivity index (χ0n) is 23.0. The lowest BCUT2D eigenvalue weighted by Gasteiger charge is -2.21. The van der Waals surface area contributed by atoms with Gasteiger partial charge in [0.1, 0.15) is 0 Å². The third kappa shape index (κ3) is 6.45. The SMILES string of the molecule is O=C(CN(CC(=O)Nc1cccc2cccnc12)CC(=O)Nc1cccc2cccnc12)Nc1cccc2cccnc12. The van der Waals surface area contributed by atoms with Gasteiger partial charge in [0.25, 0.3) is 0 Å². The number of benzene rings is 3. The molecule has 0 spiro atoms. The average Bonchev–Trinajstić information content (AvgIpc) is 3.01. The molecule has 0 aliphatic rings. The number of aromatic nitrogens is 3. The van der Waals surface area contributed by atoms with Gasteiger partial charge in [-0.2, -0.15) is 0 Å². The number of anilines is 3. The number of carbonyl (C=O) groups excluding carboxylic acids is 3. The summed E-state index contributed by atoms with van der Waals surface area (Å²) in [6.45, 7) is -0.650. The number of nitrogens with zero attached hydrogens (tertiary/aromatic N) is 4. The van der Waals surface area contributed by atoms with E-state index < -0.39 is 17.7 Å². The standard InChI is InChI=1S/C33H27N7O3/c41-28(37-25-13-1-7-22-10-4-16-34-31(22)25)19-40(20-29(42)38-26-14-2-8-23-11-5-17-35-32(23)26)21-30(43)39-27-15-3-9-24-12-6-18-36-33(24)27/h1-18H,19-21H2,(H,37,41)(H,38,42)(H,39,43). The van der Waals surface area contributed by atoms with Gasteiger partial charge in [-0.05, 0) is 36.4 Å². The highest BCUT2D eigenvalue weighted by atomic mass is 16.2. The molecule has 3 aromatic heterocycles. The quantitative estimate of drug-likeness (QED) is 0.227. The van der Waals surface area contributed by atoms with Crippen LogP contribution in [0.25, 0.3) is 32.7 Å². The molecular formula is C33H27N7O3. The van der Waals surface area contributed by atoms with Gasteiger partial charge in [0.2, 0.25) is 17.7 Å². The molecule has 0 unspecified atom stereocenters. The number of hydrogen-bond acceptors (Lipinski definition) is 7. The van der Waals surface area contributed by atoms with Crippen LogP contribution in [0, 0.1) is 0 Å². The lowest BCUT2D eigenvalue weighted by Crippen LogP contribution is -2.43. The molecule has 0 saturated carbocycles. The maximum Gasteiger partial charge on any atom is 0.238 e. The zero-order valence-corrected chi connectivity index (χ0v) is 23.0. The van der Waals surface area contributed by atoms with E-state index in [4.69, 9.17) is 0 Å². The molecule has 0 bridgehead atoms. The van der Waals surface area contributed by atoms with Crippen molar-refractivity contribution in [2.45, 2.75) is 0 Å². The topological polar surface area (TPSA) is 129 Å². The van der Waals surface area contributed by atoms with Crippen molar-refractivity contribution >= 4 is 67.5 Å². The van der Waals surface area contributed by atoms with Crippen LogP contribution in [0.4, 0.5) is 17.1 Å². The van der Waals surface area contributed by atoms with E-state index in [1.807, 2.05) is 72.8 Å². The predicted molar refractivity (Wildman–Crippen MR) is 168 cm³/mol. The Balaban J connectivity index is 1.20. The van der Waals surface area contributed by atoms with Gasteiger partial charge in [-0.1, -0.05) is 54.6 Å². The van der Waals surface area contributed by atoms with E-state index >= 15 is 0 Å². The molecular weight excluding hydrogens is 542 g/mol. The van der Waals surface area contributed by atoms with Crippen LogP contribution >= 0.6 is 0 Å². The Hall–Kier alpha value is -5.74. The second kappa shape index (κ2) is 12.4. The Labute approximate surface area is 246 Å². The summed E-state index contributed by atoms with van der Waals surface area (Å²) in [7, 11) is 0. The monoisotopic (exact) mass is 569 g/mol. The van der Waals surface area contributed by atoms with Gasteiger partial charge in [-0.25, -0.2) is 0 Å². The van der Waals surface area contributed by atoms with Crippen molar-refractivity contribution in [3.05, 3.63) is 110 Å². The summed E-state index contributed by atoms with van der Waals surface area (Å²) < 4.78 is 0. The highest BCUT2D eigenvalue weighted by Crippen LogP contribution is 2.23. The number of amides is 3. The van der Waals surface area contributed by atoms with E-state index in [9.17, 15) is 14.4 Å². The Morgan fingerprint density at radius 1 is 0.465 bits per heavy atom. The van der Waals surface area contributed by atoms with E-state index in [0.717, 1.165) is 16.2 Å². The first kappa shape index (κ1) is 27.4. The van der Waals surface area contributed by atoms with Crippen LogP contribution in [-0.4, -0.2) is 57.2 Å². The predicted octanol–water partition coefficient (Wildman–Crippen LogP) is 4.85. The van der Waals surface area contributed by atoms with Crippen LogP contribution in [0.3, 0.4) is 0 Å². The molecule has 0 radical (unpaired) electrons. The highest BCUT2D eigenvalue weighted by Gasteiger charge is 2.20. The summed E-state index contributed by atoms with van der Waals surface area (Å²) in [6, 6.07) is 27.7. The van der Waals surface area contributed by atoms with Gasteiger partial charge >= 0.3 is 0 Å². The fourth-order valence-corrected chi connectivity index (χ4v) is 4.96. The minimum Gasteiger partial charge on any atom is -0.323 e. The number of hydrogen-bond donors (Lipinski definition) is 3. The Morgan fingerprint density at radius 3 is 1.09 bits per heavy atom. The summed E-state index contributed by atoms with van der Waals surface area (Å²) in [6.07, 6.45) is 4.97. The third-order valence-corrected chi connectivity index (χ3v) is 6.82. The van der Waals surface area contributed by atoms with Crippen LogP contribution in [0.15, 0.2) is 110 Å². The molecule has 0 fully saturated rings. The fourth-order valence-electron chi connectivity index (χ4n) is 4.96. The maximum atomic E-state index is 13.2. The summed E-state index contributed by atoms with van der Waals surface area (Å²) >= 11 is 0. The van der Waals surface area contributed by atoms with Crippen molar-refractivity contribution in [3.8, 4) is 0 Å². The molecule has 6 aromatic rings. The summed E-state index contributed by atoms with van der Waals surface area (Å²) in [5.74, 6) is -1.17. The molecule has 6 rings (SSSR count). The fraction of sp³-hybridized carbons (Fsp3) is 0.0909. The van der Waals surface area contributed by atoms with Crippen LogP contribution in [0.5, 0.6) is 0 Å². The molecule has 3 aromatic carbocycles. The lowest BCUT2D eigenvalue weighted by molar-refractivity contribution is -0.122. The Kier molecular flexibility index (Phi) is 7.92. The highest BCUT2D eigenvalue weighted by molar-refractivity contribution is 6.04. The van der Waals surface area contributed by atoms with E-state index in [0.29, 0.717) is 33.6 Å². The van der Waals surface area contributed by atoms with Gasteiger partial charge in [-0.3, -0.25) is 34.2 Å². The first-order valence-electron chi connectivity index (χ1n) is 13.7. The third-order valence-electron chi connectivity index (χ3n) is 6.82. The molecule has 0 aliphatic heterocycles. The molecule has 3 N–H and O–H groups in total. The number of fused-ring (bicyclic) bond motifs is 3. The number of nitrogens with one attached hydrogen (secondary N) is 3. The number of pyridine rings is 3. The minimum atomic E-state index is -0.391. The van der Waals surface area contributed by atoms with E-state index in [1.165, 1.54) is 4.90 Å². The zero-order chi connectivity index (χ0) is 29.6. The molecule has 0 atom stereocenters. The first-order chi connectivity index (χ1) is 21.0. The second-order valence-electron chi connectivity index (χ2n) is 9.93. The van der Waals surface area contributed by atoms with Crippen LogP contribution in [0.1, 0.15) is 0 Å². The number of rotatable bonds is 9. The molecule has 3 amide bonds. The summed E-state index contributed by atoms with van der Waals surface area (Å²) in [5.41, 5.74) is 3.56. The van der Waals surface area contributed by atoms with E-state index in [1.54, 1.807) is 36.8 Å². The largest absolute Gasteiger partial charge is 0.323 e. The van der Waals surface area contributed by atoms with Crippen molar-refractivity contribution < 1.29 is 14.4 Å².